The predicted molar refractivity (Wildman–Crippen MR) is 216 cm³/mol. The zero-order valence-corrected chi connectivity index (χ0v) is 31.8. The molecule has 1 aliphatic heterocycles. The minimum absolute atomic E-state index is 0.130. The Labute approximate surface area is 336 Å². The second-order valence-electron chi connectivity index (χ2n) is 12.3. The van der Waals surface area contributed by atoms with Crippen molar-refractivity contribution < 1.29 is 38.5 Å². The first-order chi connectivity index (χ1) is 27.9. The lowest BCUT2D eigenvalue weighted by molar-refractivity contribution is -0.385. The second-order valence-corrected chi connectivity index (χ2v) is 12.7. The van der Waals surface area contributed by atoms with Crippen molar-refractivity contribution in [3.05, 3.63) is 163 Å². The fraction of sp³-hybridized carbons (Fsp3) is 0.146. The molecule has 0 aliphatic carbocycles. The van der Waals surface area contributed by atoms with Gasteiger partial charge in [0, 0.05) is 70.0 Å². The van der Waals surface area contributed by atoms with E-state index in [1.165, 1.54) is 47.5 Å². The van der Waals surface area contributed by atoms with Crippen LogP contribution >= 0.6 is 11.6 Å². The molecule has 58 heavy (non-hydrogen) atoms. The molecule has 296 valence electrons. The molecule has 2 N–H and O–H groups in total. The van der Waals surface area contributed by atoms with E-state index in [9.17, 15) is 39.4 Å². The number of carbonyl (C=O) groups is 4. The van der Waals surface area contributed by atoms with Crippen molar-refractivity contribution in [2.75, 3.05) is 30.9 Å². The molecule has 0 saturated carbocycles. The van der Waals surface area contributed by atoms with E-state index in [4.69, 9.17) is 21.1 Å². The number of rotatable bonds is 12. The third kappa shape index (κ3) is 10.9. The van der Waals surface area contributed by atoms with Gasteiger partial charge in [0.2, 0.25) is 0 Å². The Morgan fingerprint density at radius 2 is 1.28 bits per heavy atom. The Morgan fingerprint density at radius 3 is 1.83 bits per heavy atom. The van der Waals surface area contributed by atoms with Crippen LogP contribution in [-0.2, 0) is 0 Å². The summed E-state index contributed by atoms with van der Waals surface area (Å²) in [6.45, 7) is 2.87. The molecule has 0 bridgehead atoms. The van der Waals surface area contributed by atoms with Gasteiger partial charge in [-0.3, -0.25) is 39.4 Å². The van der Waals surface area contributed by atoms with Crippen LogP contribution in [0.25, 0.3) is 0 Å². The van der Waals surface area contributed by atoms with Gasteiger partial charge in [0.05, 0.1) is 29.3 Å². The molecule has 0 atom stereocenters. The number of nitrogens with one attached hydrogen (secondary N) is 2. The van der Waals surface area contributed by atoms with Crippen LogP contribution in [-0.4, -0.2) is 63.8 Å². The average Bonchev–Trinajstić information content (AvgIpc) is 3.24. The highest BCUT2D eigenvalue weighted by molar-refractivity contribution is 6.67. The minimum atomic E-state index is -0.696. The Kier molecular flexibility index (Phi) is 14.0. The van der Waals surface area contributed by atoms with E-state index in [2.05, 4.69) is 15.7 Å². The predicted octanol–water partition coefficient (Wildman–Crippen LogP) is 8.12. The SMILES string of the molecule is CCOc1cc(C2=NN(C(=O)c3ccc(NC(=O)c4ccc(NC(=O)c5cccc([N+](=O)[O-])c5)cc4)cc3)CCC2)ccc1OC.O=C(Cl)c1cccc([N+](=O)[O-])c1. The monoisotopic (exact) mass is 806 g/mol. The Bertz CT molecular complexity index is 2360. The van der Waals surface area contributed by atoms with Crippen LogP contribution in [0.3, 0.4) is 0 Å². The van der Waals surface area contributed by atoms with Crippen LogP contribution in [0.5, 0.6) is 11.5 Å². The molecule has 1 aliphatic rings. The number of ether oxygens (including phenoxy) is 2. The largest absolute Gasteiger partial charge is 0.493 e. The first-order valence-corrected chi connectivity index (χ1v) is 18.0. The van der Waals surface area contributed by atoms with Crippen molar-refractivity contribution in [3.63, 3.8) is 0 Å². The molecular weight excluding hydrogens is 772 g/mol. The van der Waals surface area contributed by atoms with Gasteiger partial charge in [0.1, 0.15) is 0 Å². The van der Waals surface area contributed by atoms with Crippen LogP contribution in [0.15, 0.2) is 120 Å². The third-order valence-corrected chi connectivity index (χ3v) is 8.67. The molecule has 0 spiro atoms. The number of benzene rings is 5. The summed E-state index contributed by atoms with van der Waals surface area (Å²) in [5, 5.41) is 32.1. The number of carbonyl (C=O) groups excluding carboxylic acids is 4. The molecule has 16 nitrogen and oxygen atoms in total. The zero-order chi connectivity index (χ0) is 41.8. The fourth-order valence-corrected chi connectivity index (χ4v) is 5.69. The number of anilines is 2. The smallest absolute Gasteiger partial charge is 0.273 e. The highest BCUT2D eigenvalue weighted by Crippen LogP contribution is 2.30. The maximum absolute atomic E-state index is 13.3. The molecule has 0 fully saturated rings. The number of methoxy groups -OCH3 is 1. The highest BCUT2D eigenvalue weighted by atomic mass is 35.5. The molecule has 3 amide bonds. The number of hydrogen-bond acceptors (Lipinski definition) is 11. The van der Waals surface area contributed by atoms with E-state index in [1.54, 1.807) is 55.6 Å². The summed E-state index contributed by atoms with van der Waals surface area (Å²) in [7, 11) is 1.58. The summed E-state index contributed by atoms with van der Waals surface area (Å²) in [5.74, 6) is 0.0943. The molecule has 6 rings (SSSR count). The van der Waals surface area contributed by atoms with E-state index in [1.807, 2.05) is 25.1 Å². The van der Waals surface area contributed by atoms with Gasteiger partial charge in [-0.25, -0.2) is 5.01 Å². The van der Waals surface area contributed by atoms with Crippen LogP contribution in [0.4, 0.5) is 22.7 Å². The summed E-state index contributed by atoms with van der Waals surface area (Å²) in [4.78, 5) is 69.2. The summed E-state index contributed by atoms with van der Waals surface area (Å²) >= 11 is 5.12. The van der Waals surface area contributed by atoms with Crippen LogP contribution in [0, 0.1) is 20.2 Å². The molecule has 5 aromatic rings. The van der Waals surface area contributed by atoms with E-state index in [0.717, 1.165) is 30.2 Å². The zero-order valence-electron chi connectivity index (χ0n) is 31.0. The van der Waals surface area contributed by atoms with Crippen molar-refractivity contribution in [3.8, 4) is 11.5 Å². The number of non-ortho nitro benzene ring substituents is 2. The van der Waals surface area contributed by atoms with Gasteiger partial charge in [-0.05, 0) is 110 Å². The van der Waals surface area contributed by atoms with Crippen LogP contribution < -0.4 is 20.1 Å². The number of amides is 3. The highest BCUT2D eigenvalue weighted by Gasteiger charge is 2.22. The molecule has 0 aromatic heterocycles. The summed E-state index contributed by atoms with van der Waals surface area (Å²) in [6.07, 6.45) is 1.48. The minimum Gasteiger partial charge on any atom is -0.493 e. The standard InChI is InChI=1S/C34H31N5O7.C7H4ClNO3/c1-3-46-31-21-24(13-18-30(31)45-2)29-8-5-19-38(37-29)34(42)23-11-16-27(17-12-23)35-32(40)22-9-14-26(15-10-22)36-33(41)25-6-4-7-28(20-25)39(43)44;8-7(10)5-2-1-3-6(4-5)9(11)12/h4,6-7,9-18,20-21H,3,5,8,19H2,1-2H3,(H,35,40)(H,36,41);1-4H. The molecule has 5 aromatic carbocycles. The Morgan fingerprint density at radius 1 is 0.724 bits per heavy atom. The number of nitrogens with zero attached hydrogens (tertiary/aromatic N) is 4. The number of nitro groups is 2. The van der Waals surface area contributed by atoms with Crippen molar-refractivity contribution in [2.45, 2.75) is 19.8 Å². The molecule has 0 radical (unpaired) electrons. The Balaban J connectivity index is 0.000000458. The topological polar surface area (TPSA) is 213 Å². The van der Waals surface area contributed by atoms with E-state index < -0.39 is 21.0 Å². The fourth-order valence-electron chi connectivity index (χ4n) is 5.57. The number of halogens is 1. The van der Waals surface area contributed by atoms with Crippen molar-refractivity contribution >= 4 is 63.0 Å². The van der Waals surface area contributed by atoms with Crippen LogP contribution in [0.2, 0.25) is 0 Å². The van der Waals surface area contributed by atoms with Gasteiger partial charge in [-0.2, -0.15) is 5.10 Å². The summed E-state index contributed by atoms with van der Waals surface area (Å²) in [6, 6.07) is 29.0. The van der Waals surface area contributed by atoms with E-state index in [-0.39, 0.29) is 34.3 Å². The molecular formula is C41H35ClN6O10. The van der Waals surface area contributed by atoms with Crippen molar-refractivity contribution in [1.29, 1.82) is 0 Å². The molecule has 1 heterocycles. The normalized spacial score (nSPS) is 11.8. The van der Waals surface area contributed by atoms with Gasteiger partial charge in [-0.1, -0.05) is 12.1 Å². The van der Waals surface area contributed by atoms with Crippen molar-refractivity contribution in [1.82, 2.24) is 5.01 Å². The molecule has 0 unspecified atom stereocenters. The number of nitro benzene ring substituents is 2. The Hall–Kier alpha value is -7.46. The lowest BCUT2D eigenvalue weighted by atomic mass is 10.0. The van der Waals surface area contributed by atoms with Gasteiger partial charge >= 0.3 is 0 Å². The van der Waals surface area contributed by atoms with Gasteiger partial charge < -0.3 is 20.1 Å². The summed E-state index contributed by atoms with van der Waals surface area (Å²) < 4.78 is 11.1. The quantitative estimate of drug-likeness (QED) is 0.0702. The van der Waals surface area contributed by atoms with Gasteiger partial charge in [0.25, 0.3) is 34.3 Å². The van der Waals surface area contributed by atoms with Gasteiger partial charge in [-0.15, -0.1) is 0 Å². The lowest BCUT2D eigenvalue weighted by Crippen LogP contribution is -2.32. The lowest BCUT2D eigenvalue weighted by Gasteiger charge is -2.24. The third-order valence-electron chi connectivity index (χ3n) is 8.45. The maximum atomic E-state index is 13.3. The van der Waals surface area contributed by atoms with Crippen molar-refractivity contribution in [2.24, 2.45) is 5.10 Å². The van der Waals surface area contributed by atoms with E-state index >= 15 is 0 Å². The van der Waals surface area contributed by atoms with Gasteiger partial charge in [0.15, 0.2) is 11.5 Å². The van der Waals surface area contributed by atoms with Crippen LogP contribution in [0.1, 0.15) is 66.8 Å². The number of hydrogen-bond donors (Lipinski definition) is 2. The van der Waals surface area contributed by atoms with E-state index in [0.29, 0.717) is 47.2 Å². The second kappa shape index (κ2) is 19.4. The molecule has 17 heteroatoms. The average molecular weight is 807 g/mol. The molecule has 0 saturated heterocycles. The summed E-state index contributed by atoms with van der Waals surface area (Å²) in [5.41, 5.74) is 3.26. The maximum Gasteiger partial charge on any atom is 0.273 e. The number of hydrazone groups is 1. The first kappa shape index (κ1) is 41.7. The first-order valence-electron chi connectivity index (χ1n) is 17.6.